The van der Waals surface area contributed by atoms with Crippen LogP contribution >= 0.6 is 11.3 Å². The van der Waals surface area contributed by atoms with E-state index in [2.05, 4.69) is 10.3 Å². The molecule has 2 atom stereocenters. The summed E-state index contributed by atoms with van der Waals surface area (Å²) in [7, 11) is 0. The number of aromatic nitrogens is 1. The topological polar surface area (TPSA) is 82.1 Å². The Balaban J connectivity index is 1.70. The van der Waals surface area contributed by atoms with Gasteiger partial charge in [-0.3, -0.25) is 4.79 Å². The molecule has 126 valence electrons. The van der Waals surface area contributed by atoms with Crippen molar-refractivity contribution < 1.29 is 14.7 Å². The zero-order valence-corrected chi connectivity index (χ0v) is 14.3. The van der Waals surface area contributed by atoms with Crippen molar-refractivity contribution in [3.8, 4) is 11.3 Å². The van der Waals surface area contributed by atoms with E-state index in [0.29, 0.717) is 18.0 Å². The predicted octanol–water partition coefficient (Wildman–Crippen LogP) is 2.61. The lowest BCUT2D eigenvalue weighted by Crippen LogP contribution is -2.42. The van der Waals surface area contributed by atoms with Gasteiger partial charge in [-0.1, -0.05) is 42.7 Å². The number of amides is 1. The van der Waals surface area contributed by atoms with E-state index in [0.717, 1.165) is 24.1 Å². The number of nitrogens with one attached hydrogen (secondary N) is 1. The van der Waals surface area contributed by atoms with Crippen LogP contribution in [0.1, 0.15) is 31.2 Å². The molecule has 0 bridgehead atoms. The fraction of sp³-hybridized carbons (Fsp3) is 0.389. The van der Waals surface area contributed by atoms with E-state index in [4.69, 9.17) is 0 Å². The van der Waals surface area contributed by atoms with Crippen molar-refractivity contribution in [3.05, 3.63) is 35.2 Å². The van der Waals surface area contributed by atoms with Gasteiger partial charge in [0, 0.05) is 28.7 Å². The van der Waals surface area contributed by atoms with Gasteiger partial charge in [0.15, 0.2) is 5.13 Å². The Hall–Kier alpha value is -2.21. The van der Waals surface area contributed by atoms with Gasteiger partial charge in [-0.05, 0) is 19.8 Å². The minimum absolute atomic E-state index is 0.270. The molecule has 6 heteroatoms. The van der Waals surface area contributed by atoms with Crippen LogP contribution < -0.4 is 10.4 Å². The minimum atomic E-state index is -1.13. The number of benzene rings is 1. The molecule has 1 amide bonds. The number of aryl methyl sites for hydroxylation is 1. The third-order valence-corrected chi connectivity index (χ3v) is 5.24. The molecule has 1 aliphatic carbocycles. The van der Waals surface area contributed by atoms with E-state index >= 15 is 0 Å². The van der Waals surface area contributed by atoms with Crippen LogP contribution in [0.4, 0.5) is 5.13 Å². The van der Waals surface area contributed by atoms with E-state index < -0.39 is 17.8 Å². The van der Waals surface area contributed by atoms with Gasteiger partial charge in [-0.25, -0.2) is 4.98 Å². The average molecular weight is 343 g/mol. The van der Waals surface area contributed by atoms with Crippen molar-refractivity contribution >= 4 is 28.3 Å². The van der Waals surface area contributed by atoms with Gasteiger partial charge in [0.25, 0.3) is 0 Å². The standard InChI is InChI=1S/C18H20N2O3S/c1-11-6-8-12(9-7-11)15-10-24-18(19-15)20-16(21)13-4-2-3-5-14(13)17(22)23/h6-10,13-14H,2-5H2,1H3,(H,22,23)(H,19,20,21)/p-1. The lowest BCUT2D eigenvalue weighted by atomic mass is 9.79. The Morgan fingerprint density at radius 2 is 1.83 bits per heavy atom. The van der Waals surface area contributed by atoms with Crippen molar-refractivity contribution in [3.63, 3.8) is 0 Å². The Morgan fingerprint density at radius 1 is 1.17 bits per heavy atom. The summed E-state index contributed by atoms with van der Waals surface area (Å²) in [5, 5.41) is 16.4. The van der Waals surface area contributed by atoms with Crippen molar-refractivity contribution in [2.24, 2.45) is 11.8 Å². The highest BCUT2D eigenvalue weighted by Crippen LogP contribution is 2.32. The lowest BCUT2D eigenvalue weighted by molar-refractivity contribution is -0.313. The van der Waals surface area contributed by atoms with E-state index in [1.807, 2.05) is 36.6 Å². The highest BCUT2D eigenvalue weighted by atomic mass is 32.1. The monoisotopic (exact) mass is 343 g/mol. The number of carboxylic acid groups (broad SMARTS) is 1. The van der Waals surface area contributed by atoms with Crippen molar-refractivity contribution in [2.45, 2.75) is 32.6 Å². The number of hydrogen-bond donors (Lipinski definition) is 1. The number of aliphatic carboxylic acids is 1. The van der Waals surface area contributed by atoms with Crippen LogP contribution in [-0.4, -0.2) is 16.9 Å². The molecule has 0 aliphatic heterocycles. The first-order chi connectivity index (χ1) is 11.5. The molecule has 1 N–H and O–H groups in total. The van der Waals surface area contributed by atoms with Gasteiger partial charge in [0.1, 0.15) is 0 Å². The van der Waals surface area contributed by atoms with Crippen LogP contribution in [0.2, 0.25) is 0 Å². The van der Waals surface area contributed by atoms with Crippen molar-refractivity contribution in [1.29, 1.82) is 0 Å². The maximum absolute atomic E-state index is 12.4. The van der Waals surface area contributed by atoms with Crippen molar-refractivity contribution in [2.75, 3.05) is 5.32 Å². The number of carboxylic acids is 1. The molecule has 1 aromatic heterocycles. The molecule has 1 saturated carbocycles. The number of anilines is 1. The maximum atomic E-state index is 12.4. The number of rotatable bonds is 4. The summed E-state index contributed by atoms with van der Waals surface area (Å²) in [5.41, 5.74) is 2.96. The number of carbonyl (C=O) groups excluding carboxylic acids is 2. The van der Waals surface area contributed by atoms with Gasteiger partial charge in [-0.2, -0.15) is 0 Å². The van der Waals surface area contributed by atoms with E-state index in [1.165, 1.54) is 16.9 Å². The molecule has 3 rings (SSSR count). The fourth-order valence-corrected chi connectivity index (χ4v) is 3.84. The lowest BCUT2D eigenvalue weighted by Gasteiger charge is -2.30. The predicted molar refractivity (Wildman–Crippen MR) is 91.4 cm³/mol. The molecule has 24 heavy (non-hydrogen) atoms. The van der Waals surface area contributed by atoms with Crippen LogP contribution in [0, 0.1) is 18.8 Å². The Kier molecular flexibility index (Phi) is 4.94. The summed E-state index contributed by atoms with van der Waals surface area (Å²) in [5.74, 6) is -2.63. The smallest absolute Gasteiger partial charge is 0.229 e. The van der Waals surface area contributed by atoms with Gasteiger partial charge in [0.2, 0.25) is 5.91 Å². The van der Waals surface area contributed by atoms with Crippen LogP contribution in [0.25, 0.3) is 11.3 Å². The molecular formula is C18H19N2O3S-. The average Bonchev–Trinajstić information content (AvgIpc) is 3.04. The van der Waals surface area contributed by atoms with Crippen LogP contribution in [0.3, 0.4) is 0 Å². The van der Waals surface area contributed by atoms with Crippen LogP contribution in [0.5, 0.6) is 0 Å². The minimum Gasteiger partial charge on any atom is -0.550 e. The fourth-order valence-electron chi connectivity index (χ4n) is 3.11. The Morgan fingerprint density at radius 3 is 2.50 bits per heavy atom. The summed E-state index contributed by atoms with van der Waals surface area (Å²) in [6.07, 6.45) is 2.79. The molecule has 0 spiro atoms. The molecule has 5 nitrogen and oxygen atoms in total. The number of thiazole rings is 1. The summed E-state index contributed by atoms with van der Waals surface area (Å²) in [6.45, 7) is 2.02. The first-order valence-corrected chi connectivity index (χ1v) is 8.97. The number of hydrogen-bond acceptors (Lipinski definition) is 5. The van der Waals surface area contributed by atoms with E-state index in [-0.39, 0.29) is 5.91 Å². The van der Waals surface area contributed by atoms with E-state index in [1.54, 1.807) is 0 Å². The van der Waals surface area contributed by atoms with Gasteiger partial charge >= 0.3 is 0 Å². The summed E-state index contributed by atoms with van der Waals surface area (Å²) < 4.78 is 0. The quantitative estimate of drug-likeness (QED) is 0.925. The summed E-state index contributed by atoms with van der Waals surface area (Å²) in [6, 6.07) is 8.01. The van der Waals surface area contributed by atoms with Gasteiger partial charge < -0.3 is 15.2 Å². The Bertz CT molecular complexity index is 739. The second-order valence-electron chi connectivity index (χ2n) is 6.21. The molecule has 1 aromatic carbocycles. The van der Waals surface area contributed by atoms with Crippen molar-refractivity contribution in [1.82, 2.24) is 4.98 Å². The molecule has 1 heterocycles. The van der Waals surface area contributed by atoms with Gasteiger partial charge in [-0.15, -0.1) is 11.3 Å². The highest BCUT2D eigenvalue weighted by Gasteiger charge is 2.32. The zero-order valence-electron chi connectivity index (χ0n) is 13.5. The molecule has 2 unspecified atom stereocenters. The maximum Gasteiger partial charge on any atom is 0.229 e. The molecule has 0 saturated heterocycles. The third-order valence-electron chi connectivity index (χ3n) is 4.49. The molecule has 1 aliphatic rings. The van der Waals surface area contributed by atoms with Crippen LogP contribution in [0.15, 0.2) is 29.6 Å². The number of carbonyl (C=O) groups is 2. The first kappa shape index (κ1) is 16.6. The highest BCUT2D eigenvalue weighted by molar-refractivity contribution is 7.14. The third kappa shape index (κ3) is 3.64. The molecule has 0 radical (unpaired) electrons. The molecular weight excluding hydrogens is 324 g/mol. The normalized spacial score (nSPS) is 20.5. The van der Waals surface area contributed by atoms with Crippen LogP contribution in [-0.2, 0) is 9.59 Å². The second-order valence-corrected chi connectivity index (χ2v) is 7.07. The van der Waals surface area contributed by atoms with E-state index in [9.17, 15) is 14.7 Å². The zero-order chi connectivity index (χ0) is 17.1. The molecule has 1 fully saturated rings. The molecule has 2 aromatic rings. The summed E-state index contributed by atoms with van der Waals surface area (Å²) in [4.78, 5) is 28.1. The summed E-state index contributed by atoms with van der Waals surface area (Å²) >= 11 is 1.34. The Labute approximate surface area is 144 Å². The first-order valence-electron chi connectivity index (χ1n) is 8.09. The SMILES string of the molecule is Cc1ccc(-c2csc(NC(=O)C3CCCCC3C(=O)[O-])n2)cc1. The second kappa shape index (κ2) is 7.13. The van der Waals surface area contributed by atoms with Gasteiger partial charge in [0.05, 0.1) is 5.69 Å². The number of nitrogens with zero attached hydrogens (tertiary/aromatic N) is 1. The largest absolute Gasteiger partial charge is 0.550 e.